The van der Waals surface area contributed by atoms with Crippen LogP contribution in [0.15, 0.2) is 36.5 Å². The monoisotopic (exact) mass is 285 g/mol. The zero-order chi connectivity index (χ0) is 14.8. The Balaban J connectivity index is 1.67. The second-order valence-electron chi connectivity index (χ2n) is 4.86. The van der Waals surface area contributed by atoms with E-state index in [1.807, 2.05) is 24.3 Å². The first-order valence-corrected chi connectivity index (χ1v) is 6.61. The summed E-state index contributed by atoms with van der Waals surface area (Å²) in [6, 6.07) is 9.27. The summed E-state index contributed by atoms with van der Waals surface area (Å²) in [5.41, 5.74) is 7.16. The number of rotatable bonds is 4. The van der Waals surface area contributed by atoms with Crippen molar-refractivity contribution < 1.29 is 14.6 Å². The van der Waals surface area contributed by atoms with Gasteiger partial charge in [-0.25, -0.2) is 9.78 Å². The van der Waals surface area contributed by atoms with Crippen molar-refractivity contribution in [3.05, 3.63) is 47.7 Å². The molecule has 6 nitrogen and oxygen atoms in total. The fraction of sp³-hybridized carbons (Fsp3) is 0.200. The van der Waals surface area contributed by atoms with E-state index in [2.05, 4.69) is 10.3 Å². The van der Waals surface area contributed by atoms with E-state index in [-0.39, 0.29) is 17.4 Å². The number of carboxylic acid groups (broad SMARTS) is 1. The Bertz CT molecular complexity index is 663. The molecule has 1 unspecified atom stereocenters. The number of nitrogen functional groups attached to an aromatic ring is 1. The van der Waals surface area contributed by atoms with Gasteiger partial charge in [-0.1, -0.05) is 18.2 Å². The van der Waals surface area contributed by atoms with E-state index < -0.39 is 5.97 Å². The molecule has 0 saturated carbocycles. The fourth-order valence-corrected chi connectivity index (χ4v) is 2.38. The molecule has 108 valence electrons. The van der Waals surface area contributed by atoms with Gasteiger partial charge in [0, 0.05) is 12.6 Å². The highest BCUT2D eigenvalue weighted by molar-refractivity contribution is 5.96. The third-order valence-corrected chi connectivity index (χ3v) is 3.43. The second kappa shape index (κ2) is 5.32. The number of fused-ring (bicyclic) bond motifs is 1. The summed E-state index contributed by atoms with van der Waals surface area (Å²) < 4.78 is 5.80. The lowest BCUT2D eigenvalue weighted by atomic mass is 10.1. The van der Waals surface area contributed by atoms with Gasteiger partial charge in [0.25, 0.3) is 0 Å². The SMILES string of the molecule is Nc1c(C(=O)O)ccnc1NCC1Cc2ccccc2O1. The van der Waals surface area contributed by atoms with Crippen molar-refractivity contribution in [1.82, 2.24) is 4.98 Å². The Kier molecular flexibility index (Phi) is 3.35. The molecule has 0 radical (unpaired) electrons. The van der Waals surface area contributed by atoms with Crippen LogP contribution >= 0.6 is 0 Å². The predicted octanol–water partition coefficient (Wildman–Crippen LogP) is 1.78. The van der Waals surface area contributed by atoms with E-state index in [1.54, 1.807) is 0 Å². The lowest BCUT2D eigenvalue weighted by Crippen LogP contribution is -2.25. The molecule has 1 aliphatic heterocycles. The van der Waals surface area contributed by atoms with Gasteiger partial charge in [0.1, 0.15) is 17.7 Å². The lowest BCUT2D eigenvalue weighted by Gasteiger charge is -2.14. The van der Waals surface area contributed by atoms with Crippen LogP contribution in [0, 0.1) is 0 Å². The van der Waals surface area contributed by atoms with Crippen LogP contribution in [-0.2, 0) is 6.42 Å². The average Bonchev–Trinajstić information content (AvgIpc) is 2.88. The van der Waals surface area contributed by atoms with Crippen LogP contribution in [0.4, 0.5) is 11.5 Å². The number of ether oxygens (including phenoxy) is 1. The first-order chi connectivity index (χ1) is 10.1. The Hall–Kier alpha value is -2.76. The predicted molar refractivity (Wildman–Crippen MR) is 78.7 cm³/mol. The standard InChI is InChI=1S/C15H15N3O3/c16-13-11(15(19)20)5-6-17-14(13)18-8-10-7-9-3-1-2-4-12(9)21-10/h1-6,10H,7-8,16H2,(H,17,18)(H,19,20). The molecule has 0 amide bonds. The van der Waals surface area contributed by atoms with Crippen molar-refractivity contribution in [3.8, 4) is 5.75 Å². The summed E-state index contributed by atoms with van der Waals surface area (Å²) in [6.07, 6.45) is 2.21. The van der Waals surface area contributed by atoms with Crippen LogP contribution in [0.2, 0.25) is 0 Å². The molecule has 4 N–H and O–H groups in total. The van der Waals surface area contributed by atoms with Crippen LogP contribution in [-0.4, -0.2) is 28.7 Å². The van der Waals surface area contributed by atoms with Gasteiger partial charge in [0.15, 0.2) is 0 Å². The molecule has 0 saturated heterocycles. The van der Waals surface area contributed by atoms with Crippen molar-refractivity contribution in [3.63, 3.8) is 0 Å². The normalized spacial score (nSPS) is 16.1. The Morgan fingerprint density at radius 2 is 2.24 bits per heavy atom. The van der Waals surface area contributed by atoms with Crippen molar-refractivity contribution in [2.24, 2.45) is 0 Å². The third kappa shape index (κ3) is 2.60. The van der Waals surface area contributed by atoms with E-state index in [0.717, 1.165) is 12.2 Å². The minimum atomic E-state index is -1.07. The number of para-hydroxylation sites is 1. The highest BCUT2D eigenvalue weighted by Gasteiger charge is 2.22. The first kappa shape index (κ1) is 13.2. The highest BCUT2D eigenvalue weighted by Crippen LogP contribution is 2.28. The molecule has 0 bridgehead atoms. The van der Waals surface area contributed by atoms with Gasteiger partial charge < -0.3 is 20.9 Å². The van der Waals surface area contributed by atoms with E-state index in [0.29, 0.717) is 12.4 Å². The molecule has 0 aliphatic carbocycles. The summed E-state index contributed by atoms with van der Waals surface area (Å²) >= 11 is 0. The van der Waals surface area contributed by atoms with Crippen molar-refractivity contribution in [2.75, 3.05) is 17.6 Å². The van der Waals surface area contributed by atoms with Gasteiger partial charge in [-0.05, 0) is 17.7 Å². The molecule has 6 heteroatoms. The number of pyridine rings is 1. The van der Waals surface area contributed by atoms with Crippen LogP contribution in [0.3, 0.4) is 0 Å². The van der Waals surface area contributed by atoms with Crippen LogP contribution in [0.1, 0.15) is 15.9 Å². The van der Waals surface area contributed by atoms with Gasteiger partial charge >= 0.3 is 5.97 Å². The van der Waals surface area contributed by atoms with Crippen LogP contribution in [0.5, 0.6) is 5.75 Å². The van der Waals surface area contributed by atoms with Gasteiger partial charge in [0.2, 0.25) is 0 Å². The molecular weight excluding hydrogens is 270 g/mol. The number of nitrogens with two attached hydrogens (primary N) is 1. The maximum absolute atomic E-state index is 11.0. The third-order valence-electron chi connectivity index (χ3n) is 3.43. The lowest BCUT2D eigenvalue weighted by molar-refractivity contribution is 0.0698. The van der Waals surface area contributed by atoms with Gasteiger partial charge in [-0.3, -0.25) is 0 Å². The minimum Gasteiger partial charge on any atom is -0.488 e. The summed E-state index contributed by atoms with van der Waals surface area (Å²) in [5, 5.41) is 12.1. The van der Waals surface area contributed by atoms with Crippen molar-refractivity contribution in [1.29, 1.82) is 0 Å². The number of hydrogen-bond acceptors (Lipinski definition) is 5. The van der Waals surface area contributed by atoms with E-state index in [4.69, 9.17) is 15.6 Å². The largest absolute Gasteiger partial charge is 0.488 e. The number of carboxylic acids is 1. The molecular formula is C15H15N3O3. The number of nitrogens with zero attached hydrogens (tertiary/aromatic N) is 1. The first-order valence-electron chi connectivity index (χ1n) is 6.61. The summed E-state index contributed by atoms with van der Waals surface area (Å²) in [6.45, 7) is 0.509. The molecule has 1 aliphatic rings. The number of aromatic nitrogens is 1. The van der Waals surface area contributed by atoms with Crippen LogP contribution < -0.4 is 15.8 Å². The number of benzene rings is 1. The number of nitrogens with one attached hydrogen (secondary N) is 1. The fourth-order valence-electron chi connectivity index (χ4n) is 2.38. The van der Waals surface area contributed by atoms with Gasteiger partial charge in [0.05, 0.1) is 17.8 Å². The molecule has 1 aromatic carbocycles. The molecule has 2 heterocycles. The molecule has 2 aromatic rings. The van der Waals surface area contributed by atoms with Gasteiger partial charge in [-0.15, -0.1) is 0 Å². The molecule has 3 rings (SSSR count). The topological polar surface area (TPSA) is 97.5 Å². The van der Waals surface area contributed by atoms with Crippen molar-refractivity contribution >= 4 is 17.5 Å². The maximum Gasteiger partial charge on any atom is 0.337 e. The number of aromatic carboxylic acids is 1. The van der Waals surface area contributed by atoms with E-state index in [9.17, 15) is 4.79 Å². The Labute approximate surface area is 121 Å². The van der Waals surface area contributed by atoms with E-state index >= 15 is 0 Å². The number of carbonyl (C=O) groups is 1. The zero-order valence-corrected chi connectivity index (χ0v) is 11.2. The second-order valence-corrected chi connectivity index (χ2v) is 4.86. The van der Waals surface area contributed by atoms with Crippen molar-refractivity contribution in [2.45, 2.75) is 12.5 Å². The number of hydrogen-bond donors (Lipinski definition) is 3. The van der Waals surface area contributed by atoms with E-state index in [1.165, 1.54) is 17.8 Å². The maximum atomic E-state index is 11.0. The Morgan fingerprint density at radius 3 is 3.00 bits per heavy atom. The summed E-state index contributed by atoms with van der Waals surface area (Å²) in [5.74, 6) is 0.196. The quantitative estimate of drug-likeness (QED) is 0.792. The molecule has 0 spiro atoms. The van der Waals surface area contributed by atoms with Gasteiger partial charge in [-0.2, -0.15) is 0 Å². The molecule has 1 aromatic heterocycles. The molecule has 21 heavy (non-hydrogen) atoms. The number of anilines is 2. The molecule has 0 fully saturated rings. The minimum absolute atomic E-state index is 0.0166. The smallest absolute Gasteiger partial charge is 0.337 e. The van der Waals surface area contributed by atoms with Crippen LogP contribution in [0.25, 0.3) is 0 Å². The highest BCUT2D eigenvalue weighted by atomic mass is 16.5. The zero-order valence-electron chi connectivity index (χ0n) is 11.2. The Morgan fingerprint density at radius 1 is 1.43 bits per heavy atom. The molecule has 1 atom stereocenters. The summed E-state index contributed by atoms with van der Waals surface area (Å²) in [4.78, 5) is 15.1. The summed E-state index contributed by atoms with van der Waals surface area (Å²) in [7, 11) is 0. The average molecular weight is 285 g/mol.